The maximum absolute atomic E-state index is 12.1. The highest BCUT2D eigenvalue weighted by Crippen LogP contribution is 2.26. The van der Waals surface area contributed by atoms with E-state index in [0.29, 0.717) is 40.5 Å². The van der Waals surface area contributed by atoms with Crippen molar-refractivity contribution < 1.29 is 13.7 Å². The normalized spacial score (nSPS) is 12.1. The third-order valence-corrected chi connectivity index (χ3v) is 5.69. The second-order valence-corrected chi connectivity index (χ2v) is 8.77. The lowest BCUT2D eigenvalue weighted by molar-refractivity contribution is 0.0956. The molecule has 2 heterocycles. The number of carbonyl (C=O) groups is 1. The van der Waals surface area contributed by atoms with Crippen molar-refractivity contribution in [3.05, 3.63) is 72.2 Å². The molecule has 0 aliphatic rings. The highest BCUT2D eigenvalue weighted by atomic mass is 32.2. The number of benzene rings is 2. The first-order valence-corrected chi connectivity index (χ1v) is 12.1. The van der Waals surface area contributed by atoms with Crippen LogP contribution < -0.4 is 15.5 Å². The van der Waals surface area contributed by atoms with E-state index in [1.165, 1.54) is 6.33 Å². The Morgan fingerprint density at radius 3 is 2.74 bits per heavy atom. The number of methoxy groups -OCH3 is 1. The number of nitrogens with one attached hydrogen (secondary N) is 2. The number of rotatable bonds is 9. The van der Waals surface area contributed by atoms with E-state index in [9.17, 15) is 9.00 Å². The first-order chi connectivity index (χ1) is 16.6. The van der Waals surface area contributed by atoms with Gasteiger partial charge >= 0.3 is 0 Å². The fourth-order valence-corrected chi connectivity index (χ4v) is 3.60. The summed E-state index contributed by atoms with van der Waals surface area (Å²) in [6.45, 7) is 0.371. The van der Waals surface area contributed by atoms with E-state index in [1.807, 2.05) is 24.3 Å². The van der Waals surface area contributed by atoms with Gasteiger partial charge in [-0.05, 0) is 29.8 Å². The Balaban J connectivity index is 1.46. The van der Waals surface area contributed by atoms with E-state index in [4.69, 9.17) is 4.74 Å². The molecular weight excluding hydrogens is 454 g/mol. The summed E-state index contributed by atoms with van der Waals surface area (Å²) >= 11 is 0. The summed E-state index contributed by atoms with van der Waals surface area (Å²) in [5.41, 5.74) is 5.63. The first kappa shape index (κ1) is 23.1. The average Bonchev–Trinajstić information content (AvgIpc) is 3.29. The molecule has 0 saturated heterocycles. The zero-order chi connectivity index (χ0) is 23.9. The van der Waals surface area contributed by atoms with Gasteiger partial charge in [-0.2, -0.15) is 10.2 Å². The SMILES string of the molecule is COc1ccccc1-n1ncc2c(N/N=C/c3ccc(C(=O)NCCS(C)=O)cc3)ncnc21. The van der Waals surface area contributed by atoms with Crippen LogP contribution in [0.4, 0.5) is 5.82 Å². The quantitative estimate of drug-likeness (QED) is 0.280. The third kappa shape index (κ3) is 5.26. The van der Waals surface area contributed by atoms with Gasteiger partial charge in [0.15, 0.2) is 11.5 Å². The summed E-state index contributed by atoms with van der Waals surface area (Å²) in [6, 6.07) is 14.5. The number of amides is 1. The van der Waals surface area contributed by atoms with Crippen LogP contribution in [0.3, 0.4) is 0 Å². The number of hydrazone groups is 1. The fraction of sp³-hybridized carbons (Fsp3) is 0.174. The van der Waals surface area contributed by atoms with Crippen molar-refractivity contribution >= 4 is 39.8 Å². The molecule has 0 aliphatic carbocycles. The number of ether oxygens (including phenoxy) is 1. The Hall–Kier alpha value is -4.12. The average molecular weight is 478 g/mol. The molecule has 1 amide bonds. The Labute approximate surface area is 198 Å². The van der Waals surface area contributed by atoms with Crippen LogP contribution in [-0.4, -0.2) is 61.7 Å². The standard InChI is InChI=1S/C23H23N7O3S/c1-33-20-6-4-3-5-19(20)30-22-18(14-28-30)21(25-15-26-22)29-27-13-16-7-9-17(10-8-16)23(31)24-11-12-34(2)32/h3-10,13-15H,11-12H2,1-2H3,(H,24,31)(H,25,26,29)/b27-13+. The number of anilines is 1. The molecule has 1 unspecified atom stereocenters. The number of carbonyl (C=O) groups excluding carboxylic acids is 1. The van der Waals surface area contributed by atoms with Gasteiger partial charge in [0, 0.05) is 34.9 Å². The monoisotopic (exact) mass is 477 g/mol. The minimum atomic E-state index is -0.940. The number of nitrogens with zero attached hydrogens (tertiary/aromatic N) is 5. The lowest BCUT2D eigenvalue weighted by Crippen LogP contribution is -2.27. The molecular formula is C23H23N7O3S. The number of hydrogen-bond acceptors (Lipinski definition) is 8. The van der Waals surface area contributed by atoms with Gasteiger partial charge in [0.25, 0.3) is 5.91 Å². The van der Waals surface area contributed by atoms with Crippen LogP contribution in [0.15, 0.2) is 66.2 Å². The molecule has 174 valence electrons. The summed E-state index contributed by atoms with van der Waals surface area (Å²) in [5, 5.41) is 12.1. The highest BCUT2D eigenvalue weighted by molar-refractivity contribution is 7.84. The summed E-state index contributed by atoms with van der Waals surface area (Å²) < 4.78 is 18.2. The van der Waals surface area contributed by atoms with Gasteiger partial charge in [-0.1, -0.05) is 24.3 Å². The van der Waals surface area contributed by atoms with Crippen molar-refractivity contribution in [3.63, 3.8) is 0 Å². The molecule has 11 heteroatoms. The van der Waals surface area contributed by atoms with Crippen molar-refractivity contribution in [2.24, 2.45) is 5.10 Å². The van der Waals surface area contributed by atoms with E-state index in [0.717, 1.165) is 11.3 Å². The number of hydrogen-bond donors (Lipinski definition) is 2. The van der Waals surface area contributed by atoms with Crippen molar-refractivity contribution in [3.8, 4) is 11.4 Å². The molecule has 1 atom stereocenters. The molecule has 2 aromatic heterocycles. The Kier molecular flexibility index (Phi) is 7.23. The van der Waals surface area contributed by atoms with Gasteiger partial charge in [0.2, 0.25) is 0 Å². The molecule has 0 saturated carbocycles. The highest BCUT2D eigenvalue weighted by Gasteiger charge is 2.13. The van der Waals surface area contributed by atoms with Crippen LogP contribution in [0.2, 0.25) is 0 Å². The molecule has 2 N–H and O–H groups in total. The minimum absolute atomic E-state index is 0.206. The van der Waals surface area contributed by atoms with Crippen molar-refractivity contribution in [1.82, 2.24) is 25.1 Å². The second kappa shape index (κ2) is 10.7. The van der Waals surface area contributed by atoms with Gasteiger partial charge < -0.3 is 10.1 Å². The molecule has 2 aromatic carbocycles. The van der Waals surface area contributed by atoms with Gasteiger partial charge in [0.05, 0.1) is 24.9 Å². The van der Waals surface area contributed by atoms with E-state index in [-0.39, 0.29) is 5.91 Å². The zero-order valence-corrected chi connectivity index (χ0v) is 19.5. The van der Waals surface area contributed by atoms with Crippen LogP contribution >= 0.6 is 0 Å². The lowest BCUT2D eigenvalue weighted by atomic mass is 10.1. The number of para-hydroxylation sites is 2. The molecule has 0 radical (unpaired) electrons. The van der Waals surface area contributed by atoms with Crippen molar-refractivity contribution in [2.45, 2.75) is 0 Å². The van der Waals surface area contributed by atoms with Crippen molar-refractivity contribution in [1.29, 1.82) is 0 Å². The smallest absolute Gasteiger partial charge is 0.251 e. The summed E-state index contributed by atoms with van der Waals surface area (Å²) in [5.74, 6) is 1.40. The van der Waals surface area contributed by atoms with E-state index in [2.05, 4.69) is 30.9 Å². The molecule has 0 fully saturated rings. The Morgan fingerprint density at radius 2 is 1.97 bits per heavy atom. The molecule has 0 aliphatic heterocycles. The number of aromatic nitrogens is 4. The van der Waals surface area contributed by atoms with Crippen LogP contribution in [0.25, 0.3) is 16.7 Å². The van der Waals surface area contributed by atoms with E-state index in [1.54, 1.807) is 54.7 Å². The van der Waals surface area contributed by atoms with Crippen LogP contribution in [0, 0.1) is 0 Å². The minimum Gasteiger partial charge on any atom is -0.494 e. The summed E-state index contributed by atoms with van der Waals surface area (Å²) in [7, 11) is 0.667. The number of fused-ring (bicyclic) bond motifs is 1. The molecule has 0 bridgehead atoms. The topological polar surface area (TPSA) is 123 Å². The van der Waals surface area contributed by atoms with Gasteiger partial charge in [-0.15, -0.1) is 0 Å². The largest absolute Gasteiger partial charge is 0.494 e. The van der Waals surface area contributed by atoms with E-state index < -0.39 is 10.8 Å². The molecule has 10 nitrogen and oxygen atoms in total. The summed E-state index contributed by atoms with van der Waals surface area (Å²) in [4.78, 5) is 20.8. The molecule has 0 spiro atoms. The molecule has 34 heavy (non-hydrogen) atoms. The Morgan fingerprint density at radius 1 is 1.18 bits per heavy atom. The van der Waals surface area contributed by atoms with Gasteiger partial charge in [-0.3, -0.25) is 14.4 Å². The molecule has 4 rings (SSSR count). The Bertz CT molecular complexity index is 1350. The lowest BCUT2D eigenvalue weighted by Gasteiger charge is -2.08. The van der Waals surface area contributed by atoms with E-state index >= 15 is 0 Å². The van der Waals surface area contributed by atoms with Crippen molar-refractivity contribution in [2.75, 3.05) is 31.1 Å². The first-order valence-electron chi connectivity index (χ1n) is 10.4. The predicted octanol–water partition coefficient (Wildman–Crippen LogP) is 2.38. The fourth-order valence-electron chi connectivity index (χ4n) is 3.21. The van der Waals surface area contributed by atoms with Gasteiger partial charge in [-0.25, -0.2) is 14.6 Å². The van der Waals surface area contributed by atoms with Crippen LogP contribution in [0.1, 0.15) is 15.9 Å². The zero-order valence-electron chi connectivity index (χ0n) is 18.6. The predicted molar refractivity (Wildman–Crippen MR) is 132 cm³/mol. The maximum Gasteiger partial charge on any atom is 0.251 e. The summed E-state index contributed by atoms with van der Waals surface area (Å²) in [6.07, 6.45) is 6.34. The maximum atomic E-state index is 12.1. The second-order valence-electron chi connectivity index (χ2n) is 7.21. The third-order valence-electron chi connectivity index (χ3n) is 4.91. The van der Waals surface area contributed by atoms with Crippen LogP contribution in [0.5, 0.6) is 5.75 Å². The molecule has 4 aromatic rings. The van der Waals surface area contributed by atoms with Crippen LogP contribution in [-0.2, 0) is 10.8 Å². The van der Waals surface area contributed by atoms with Gasteiger partial charge in [0.1, 0.15) is 17.8 Å².